The van der Waals surface area contributed by atoms with Crippen molar-refractivity contribution in [3.63, 3.8) is 0 Å². The maximum Gasteiger partial charge on any atom is 0.133 e. The van der Waals surface area contributed by atoms with Crippen LogP contribution in [-0.4, -0.2) is 48.2 Å². The molecule has 0 unspecified atom stereocenters. The quantitative estimate of drug-likeness (QED) is 0.296. The van der Waals surface area contributed by atoms with Gasteiger partial charge in [0.05, 0.1) is 11.4 Å². The molecule has 4 bridgehead atoms. The fraction of sp³-hybridized carbons (Fsp3) is 0.371. The second kappa shape index (κ2) is 11.4. The monoisotopic (exact) mass is 550 g/mol. The molecule has 1 aliphatic rings. The zero-order chi connectivity index (χ0) is 30.0. The Morgan fingerprint density at radius 2 is 0.927 bits per heavy atom. The van der Waals surface area contributed by atoms with Crippen molar-refractivity contribution in [2.24, 2.45) is 25.4 Å². The van der Waals surface area contributed by atoms with Crippen molar-refractivity contribution in [1.82, 2.24) is 0 Å². The Kier molecular flexibility index (Phi) is 8.34. The van der Waals surface area contributed by atoms with Crippen LogP contribution in [0, 0.1) is 5.41 Å². The molecule has 0 fully saturated rings. The average Bonchev–Trinajstić information content (AvgIpc) is 2.87. The molecule has 0 saturated carbocycles. The summed E-state index contributed by atoms with van der Waals surface area (Å²) in [5.74, 6) is 0.270. The van der Waals surface area contributed by atoms with E-state index < -0.39 is 0 Å². The highest BCUT2D eigenvalue weighted by Gasteiger charge is 2.21. The van der Waals surface area contributed by atoms with Gasteiger partial charge in [-0.05, 0) is 58.4 Å². The zero-order valence-corrected chi connectivity index (χ0v) is 25.5. The lowest BCUT2D eigenvalue weighted by Gasteiger charge is -2.22. The minimum absolute atomic E-state index is 0.133. The SMILES string of the molecule is CC1(C)C/N=C/c2cc(C(C)(C)C)cc(c2O)/C=N/c2ccccc2/N=C/c2cc(C(C)(C)C)cc(c2O)/C=N/C1. The van der Waals surface area contributed by atoms with Crippen molar-refractivity contribution in [2.45, 2.75) is 66.2 Å². The van der Waals surface area contributed by atoms with E-state index in [0.717, 1.165) is 11.1 Å². The maximum atomic E-state index is 11.2. The normalized spacial score (nSPS) is 18.7. The molecule has 1 aliphatic heterocycles. The molecule has 41 heavy (non-hydrogen) atoms. The Labute approximate surface area is 244 Å². The molecule has 2 N–H and O–H groups in total. The zero-order valence-electron chi connectivity index (χ0n) is 25.5. The summed E-state index contributed by atoms with van der Waals surface area (Å²) in [6.07, 6.45) is 6.84. The summed E-state index contributed by atoms with van der Waals surface area (Å²) in [4.78, 5) is 18.9. The minimum Gasteiger partial charge on any atom is -0.507 e. The minimum atomic E-state index is -0.235. The first-order valence-corrected chi connectivity index (χ1v) is 14.1. The summed E-state index contributed by atoms with van der Waals surface area (Å²) >= 11 is 0. The van der Waals surface area contributed by atoms with Crippen LogP contribution in [0.1, 0.15) is 88.8 Å². The van der Waals surface area contributed by atoms with Gasteiger partial charge in [-0.3, -0.25) is 20.0 Å². The number of aliphatic imine (C=N–C) groups is 4. The van der Waals surface area contributed by atoms with Crippen LogP contribution in [0.2, 0.25) is 0 Å². The smallest absolute Gasteiger partial charge is 0.133 e. The van der Waals surface area contributed by atoms with Gasteiger partial charge in [0, 0.05) is 65.6 Å². The molecule has 214 valence electrons. The molecular weight excluding hydrogens is 508 g/mol. The highest BCUT2D eigenvalue weighted by Crippen LogP contribution is 2.34. The summed E-state index contributed by atoms with van der Waals surface area (Å²) in [6, 6.07) is 15.5. The molecule has 6 heteroatoms. The largest absolute Gasteiger partial charge is 0.507 e. The second-order valence-corrected chi connectivity index (χ2v) is 13.6. The molecule has 1 heterocycles. The van der Waals surface area contributed by atoms with Crippen LogP contribution in [0.3, 0.4) is 0 Å². The molecule has 6 nitrogen and oxygen atoms in total. The molecular formula is C35H42N4O2. The van der Waals surface area contributed by atoms with E-state index in [1.807, 2.05) is 48.5 Å². The molecule has 4 rings (SSSR count). The Balaban J connectivity index is 1.91. The Morgan fingerprint density at radius 3 is 1.27 bits per heavy atom. The Bertz CT molecular complexity index is 1430. The number of hydrogen-bond donors (Lipinski definition) is 2. The third-order valence-corrected chi connectivity index (χ3v) is 7.14. The van der Waals surface area contributed by atoms with E-state index in [0.29, 0.717) is 46.7 Å². The number of phenolic OH excluding ortho intramolecular Hbond substituents is 2. The van der Waals surface area contributed by atoms with Crippen LogP contribution in [0.15, 0.2) is 68.5 Å². The van der Waals surface area contributed by atoms with Gasteiger partial charge in [-0.25, -0.2) is 0 Å². The van der Waals surface area contributed by atoms with Gasteiger partial charge < -0.3 is 10.2 Å². The summed E-state index contributed by atoms with van der Waals surface area (Å²) in [5, 5.41) is 22.4. The van der Waals surface area contributed by atoms with Gasteiger partial charge in [0.2, 0.25) is 0 Å². The number of hydrogen-bond acceptors (Lipinski definition) is 6. The average molecular weight is 551 g/mol. The van der Waals surface area contributed by atoms with E-state index in [4.69, 9.17) is 20.0 Å². The van der Waals surface area contributed by atoms with Gasteiger partial charge in [0.1, 0.15) is 11.5 Å². The summed E-state index contributed by atoms with van der Waals surface area (Å²) in [6.45, 7) is 18.1. The molecule has 0 radical (unpaired) electrons. The van der Waals surface area contributed by atoms with Crippen LogP contribution in [0.5, 0.6) is 11.5 Å². The standard InChI is InChI=1S/C35H42N4O2/c1-33(2,3)27-13-23-17-36-21-35(7,8)22-37-18-24-14-28(34(4,5)6)16-26(32(24)41)20-39-30-12-10-9-11-29(30)38-19-25(15-27)31(23)40/h9-20,40-41H,21-22H2,1-8H3/b36-17+,37-18+,38-19+,39-20+. The molecule has 3 aromatic carbocycles. The fourth-order valence-electron chi connectivity index (χ4n) is 4.41. The number of rotatable bonds is 0. The summed E-state index contributed by atoms with van der Waals surface area (Å²) in [7, 11) is 0. The predicted molar refractivity (Wildman–Crippen MR) is 173 cm³/mol. The van der Waals surface area contributed by atoms with Crippen LogP contribution in [-0.2, 0) is 10.8 Å². The number of benzene rings is 3. The number of nitrogens with zero attached hydrogens (tertiary/aromatic N) is 4. The van der Waals surface area contributed by atoms with Crippen molar-refractivity contribution >= 4 is 36.2 Å². The molecule has 0 spiro atoms. The number of fused-ring (bicyclic) bond motifs is 5. The molecule has 0 aromatic heterocycles. The maximum absolute atomic E-state index is 11.2. The second-order valence-electron chi connectivity index (χ2n) is 13.6. The van der Waals surface area contributed by atoms with Crippen molar-refractivity contribution in [3.8, 4) is 11.5 Å². The summed E-state index contributed by atoms with van der Waals surface area (Å²) < 4.78 is 0. The van der Waals surface area contributed by atoms with Crippen molar-refractivity contribution in [2.75, 3.05) is 13.1 Å². The fourth-order valence-corrected chi connectivity index (χ4v) is 4.41. The third kappa shape index (κ3) is 7.37. The van der Waals surface area contributed by atoms with Crippen molar-refractivity contribution in [3.05, 3.63) is 81.9 Å². The lowest BCUT2D eigenvalue weighted by Crippen LogP contribution is -2.20. The van der Waals surface area contributed by atoms with E-state index >= 15 is 0 Å². The van der Waals surface area contributed by atoms with Crippen LogP contribution < -0.4 is 0 Å². The van der Waals surface area contributed by atoms with E-state index in [1.54, 1.807) is 24.9 Å². The topological polar surface area (TPSA) is 89.9 Å². The first-order valence-electron chi connectivity index (χ1n) is 14.1. The summed E-state index contributed by atoms with van der Waals surface area (Å²) in [5.41, 5.74) is 5.46. The Hall–Kier alpha value is -4.06. The van der Waals surface area contributed by atoms with Crippen LogP contribution in [0.25, 0.3) is 0 Å². The lowest BCUT2D eigenvalue weighted by molar-refractivity contribution is 0.396. The molecule has 3 aromatic rings. The third-order valence-electron chi connectivity index (χ3n) is 7.14. The van der Waals surface area contributed by atoms with Gasteiger partial charge in [0.25, 0.3) is 0 Å². The van der Waals surface area contributed by atoms with Gasteiger partial charge in [-0.1, -0.05) is 67.5 Å². The van der Waals surface area contributed by atoms with Gasteiger partial charge in [-0.2, -0.15) is 0 Å². The molecule has 0 amide bonds. The first kappa shape index (κ1) is 29.9. The number of aromatic hydroxyl groups is 2. The van der Waals surface area contributed by atoms with Crippen molar-refractivity contribution in [1.29, 1.82) is 0 Å². The van der Waals surface area contributed by atoms with Crippen molar-refractivity contribution < 1.29 is 10.2 Å². The van der Waals surface area contributed by atoms with E-state index in [-0.39, 0.29) is 27.7 Å². The molecule has 0 saturated heterocycles. The van der Waals surface area contributed by atoms with Gasteiger partial charge >= 0.3 is 0 Å². The van der Waals surface area contributed by atoms with Gasteiger partial charge in [0.15, 0.2) is 0 Å². The van der Waals surface area contributed by atoms with E-state index in [2.05, 4.69) is 55.4 Å². The van der Waals surface area contributed by atoms with Crippen LogP contribution >= 0.6 is 0 Å². The number of para-hydroxylation sites is 2. The number of phenols is 2. The van der Waals surface area contributed by atoms with E-state index in [1.165, 1.54) is 0 Å². The molecule has 0 aliphatic carbocycles. The lowest BCUT2D eigenvalue weighted by atomic mass is 9.85. The predicted octanol–water partition coefficient (Wildman–Crippen LogP) is 8.07. The van der Waals surface area contributed by atoms with Crippen LogP contribution in [0.4, 0.5) is 11.4 Å². The van der Waals surface area contributed by atoms with E-state index in [9.17, 15) is 10.2 Å². The highest BCUT2D eigenvalue weighted by atomic mass is 16.3. The highest BCUT2D eigenvalue weighted by molar-refractivity contribution is 5.95. The van der Waals surface area contributed by atoms with Gasteiger partial charge in [-0.15, -0.1) is 0 Å². The Morgan fingerprint density at radius 1 is 0.585 bits per heavy atom. The molecule has 0 atom stereocenters. The first-order chi connectivity index (χ1) is 19.1.